The number of carboxylic acid groups (broad SMARTS) is 1. The average Bonchev–Trinajstić information content (AvgIpc) is 3.42. The van der Waals surface area contributed by atoms with Gasteiger partial charge in [0, 0.05) is 40.6 Å². The summed E-state index contributed by atoms with van der Waals surface area (Å²) in [6, 6.07) is 4.37. The molecule has 10 heteroatoms. The molecule has 9 nitrogen and oxygen atoms in total. The van der Waals surface area contributed by atoms with E-state index in [9.17, 15) is 23.1 Å². The predicted octanol–water partition coefficient (Wildman–Crippen LogP) is 1.86. The maximum absolute atomic E-state index is 13.5. The minimum absolute atomic E-state index is 0.0456. The standard InChI is InChI=1S/C20H24N4O5S/c1-20(2,21-3)10-24(11-4-5-11)30(28,29)12-6-7-15-13(8-12)16-14(19(26)27)9-22-17(16)18(25)23-15/h6-9,11,21-22H,4-5,10H2,1-3H3,(H,23,25)(H,26,27). The van der Waals surface area contributed by atoms with Crippen LogP contribution in [0.3, 0.4) is 0 Å². The lowest BCUT2D eigenvalue weighted by Gasteiger charge is -2.32. The fourth-order valence-corrected chi connectivity index (χ4v) is 5.49. The van der Waals surface area contributed by atoms with Crippen molar-refractivity contribution in [1.29, 1.82) is 0 Å². The first-order valence-corrected chi connectivity index (χ1v) is 11.1. The minimum atomic E-state index is -3.82. The molecule has 4 rings (SSSR count). The van der Waals surface area contributed by atoms with Crippen LogP contribution in [0.25, 0.3) is 21.8 Å². The van der Waals surface area contributed by atoms with Crippen LogP contribution in [0.15, 0.2) is 34.1 Å². The number of aromatic amines is 2. The lowest BCUT2D eigenvalue weighted by molar-refractivity contribution is 0.0699. The molecule has 0 spiro atoms. The third kappa shape index (κ3) is 3.40. The summed E-state index contributed by atoms with van der Waals surface area (Å²) < 4.78 is 28.5. The van der Waals surface area contributed by atoms with Crippen molar-refractivity contribution in [3.63, 3.8) is 0 Å². The number of rotatable bonds is 7. The molecule has 1 saturated carbocycles. The molecular formula is C20H24N4O5S. The summed E-state index contributed by atoms with van der Waals surface area (Å²) in [4.78, 5) is 29.4. The fourth-order valence-electron chi connectivity index (χ4n) is 3.61. The van der Waals surface area contributed by atoms with Crippen molar-refractivity contribution in [3.05, 3.63) is 40.3 Å². The van der Waals surface area contributed by atoms with E-state index >= 15 is 0 Å². The topological polar surface area (TPSA) is 135 Å². The summed E-state index contributed by atoms with van der Waals surface area (Å²) in [5.74, 6) is -1.20. The quantitative estimate of drug-likeness (QED) is 0.450. The second kappa shape index (κ2) is 6.93. The average molecular weight is 433 g/mol. The molecule has 160 valence electrons. The van der Waals surface area contributed by atoms with Crippen LogP contribution in [-0.4, -0.2) is 58.9 Å². The highest BCUT2D eigenvalue weighted by Crippen LogP contribution is 2.35. The monoisotopic (exact) mass is 432 g/mol. The van der Waals surface area contributed by atoms with Crippen molar-refractivity contribution in [2.45, 2.75) is 43.2 Å². The van der Waals surface area contributed by atoms with E-state index < -0.39 is 27.1 Å². The van der Waals surface area contributed by atoms with Gasteiger partial charge in [-0.1, -0.05) is 0 Å². The number of hydrogen-bond acceptors (Lipinski definition) is 5. The number of sulfonamides is 1. The molecule has 4 N–H and O–H groups in total. The molecule has 1 aromatic carbocycles. The third-order valence-corrected chi connectivity index (χ3v) is 7.53. The number of carbonyl (C=O) groups is 1. The van der Waals surface area contributed by atoms with E-state index in [2.05, 4.69) is 15.3 Å². The third-order valence-electron chi connectivity index (χ3n) is 5.63. The van der Waals surface area contributed by atoms with E-state index in [1.54, 1.807) is 7.05 Å². The molecule has 30 heavy (non-hydrogen) atoms. The zero-order chi connectivity index (χ0) is 21.8. The van der Waals surface area contributed by atoms with E-state index in [0.717, 1.165) is 12.8 Å². The number of benzene rings is 1. The Balaban J connectivity index is 1.91. The van der Waals surface area contributed by atoms with Crippen LogP contribution in [0.4, 0.5) is 0 Å². The molecule has 0 saturated heterocycles. The summed E-state index contributed by atoms with van der Waals surface area (Å²) in [5.41, 5.74) is -0.476. The van der Waals surface area contributed by atoms with Gasteiger partial charge in [0.05, 0.1) is 10.5 Å². The number of fused-ring (bicyclic) bond motifs is 3. The van der Waals surface area contributed by atoms with Crippen molar-refractivity contribution >= 4 is 37.8 Å². The molecule has 2 aromatic heterocycles. The molecule has 1 fully saturated rings. The Bertz CT molecular complexity index is 1320. The number of aromatic carboxylic acids is 1. The number of aromatic nitrogens is 2. The van der Waals surface area contributed by atoms with Gasteiger partial charge in [-0.2, -0.15) is 4.31 Å². The van der Waals surface area contributed by atoms with Gasteiger partial charge >= 0.3 is 5.97 Å². The van der Waals surface area contributed by atoms with Crippen LogP contribution < -0.4 is 10.9 Å². The molecule has 0 radical (unpaired) electrons. The Labute approximate surface area is 173 Å². The van der Waals surface area contributed by atoms with Gasteiger partial charge in [0.2, 0.25) is 10.0 Å². The van der Waals surface area contributed by atoms with E-state index in [1.165, 1.54) is 28.7 Å². The number of carboxylic acids is 1. The number of hydrogen-bond donors (Lipinski definition) is 4. The molecule has 0 unspecified atom stereocenters. The smallest absolute Gasteiger partial charge is 0.337 e. The molecule has 1 aliphatic carbocycles. The summed E-state index contributed by atoms with van der Waals surface area (Å²) in [5, 5.41) is 13.2. The van der Waals surface area contributed by atoms with Crippen LogP contribution in [0, 0.1) is 0 Å². The Kier molecular flexibility index (Phi) is 4.75. The van der Waals surface area contributed by atoms with E-state index in [1.807, 2.05) is 13.8 Å². The van der Waals surface area contributed by atoms with Gasteiger partial charge in [0.1, 0.15) is 5.52 Å². The summed E-state index contributed by atoms with van der Waals surface area (Å²) >= 11 is 0. The summed E-state index contributed by atoms with van der Waals surface area (Å²) in [6.45, 7) is 4.18. The Hall–Kier alpha value is -2.69. The van der Waals surface area contributed by atoms with Crippen molar-refractivity contribution in [2.75, 3.05) is 13.6 Å². The maximum atomic E-state index is 13.5. The van der Waals surface area contributed by atoms with Gasteiger partial charge in [-0.3, -0.25) is 4.79 Å². The molecule has 3 aromatic rings. The lowest BCUT2D eigenvalue weighted by Crippen LogP contribution is -2.50. The molecule has 0 aliphatic heterocycles. The molecule has 0 atom stereocenters. The van der Waals surface area contributed by atoms with Gasteiger partial charge in [0.15, 0.2) is 0 Å². The first kappa shape index (κ1) is 20.6. The van der Waals surface area contributed by atoms with Crippen LogP contribution >= 0.6 is 0 Å². The Morgan fingerprint density at radius 3 is 2.63 bits per heavy atom. The SMILES string of the molecule is CNC(C)(C)CN(C1CC1)S(=O)(=O)c1ccc2[nH]c(=O)c3[nH]cc(C(=O)O)c3c2c1. The lowest BCUT2D eigenvalue weighted by atomic mass is 10.1. The summed E-state index contributed by atoms with van der Waals surface area (Å²) in [7, 11) is -2.03. The first-order valence-electron chi connectivity index (χ1n) is 9.66. The molecule has 0 bridgehead atoms. The fraction of sp³-hybridized carbons (Fsp3) is 0.400. The number of H-pyrrole nitrogens is 2. The second-order valence-corrected chi connectivity index (χ2v) is 10.2. The van der Waals surface area contributed by atoms with Crippen LogP contribution in [0.2, 0.25) is 0 Å². The van der Waals surface area contributed by atoms with Crippen molar-refractivity contribution in [1.82, 2.24) is 19.6 Å². The largest absolute Gasteiger partial charge is 0.478 e. The van der Waals surface area contributed by atoms with Crippen molar-refractivity contribution in [2.24, 2.45) is 0 Å². The van der Waals surface area contributed by atoms with E-state index in [4.69, 9.17) is 0 Å². The van der Waals surface area contributed by atoms with E-state index in [-0.39, 0.29) is 27.4 Å². The molecule has 0 amide bonds. The second-order valence-electron chi connectivity index (χ2n) is 8.33. The van der Waals surface area contributed by atoms with Gasteiger partial charge in [-0.15, -0.1) is 0 Å². The van der Waals surface area contributed by atoms with Gasteiger partial charge in [-0.25, -0.2) is 13.2 Å². The number of nitrogens with one attached hydrogen (secondary N) is 3. The predicted molar refractivity (Wildman–Crippen MR) is 113 cm³/mol. The van der Waals surface area contributed by atoms with Gasteiger partial charge < -0.3 is 20.4 Å². The molecule has 2 heterocycles. The number of nitrogens with zero attached hydrogens (tertiary/aromatic N) is 1. The number of likely N-dealkylation sites (N-methyl/N-ethyl adjacent to an activating group) is 1. The van der Waals surface area contributed by atoms with Crippen molar-refractivity contribution in [3.8, 4) is 0 Å². The van der Waals surface area contributed by atoms with Crippen LogP contribution in [0.5, 0.6) is 0 Å². The normalized spacial score (nSPS) is 15.3. The van der Waals surface area contributed by atoms with Gasteiger partial charge in [0.25, 0.3) is 5.56 Å². The zero-order valence-corrected chi connectivity index (χ0v) is 17.8. The Morgan fingerprint density at radius 2 is 2.03 bits per heavy atom. The van der Waals surface area contributed by atoms with E-state index in [0.29, 0.717) is 17.4 Å². The van der Waals surface area contributed by atoms with Crippen LogP contribution in [-0.2, 0) is 10.0 Å². The number of pyridine rings is 1. The maximum Gasteiger partial charge on any atom is 0.337 e. The highest BCUT2D eigenvalue weighted by Gasteiger charge is 2.40. The van der Waals surface area contributed by atoms with Crippen LogP contribution in [0.1, 0.15) is 37.0 Å². The Morgan fingerprint density at radius 1 is 1.33 bits per heavy atom. The zero-order valence-electron chi connectivity index (χ0n) is 16.9. The van der Waals surface area contributed by atoms with Gasteiger partial charge in [-0.05, 0) is 51.9 Å². The molecule has 1 aliphatic rings. The molecular weight excluding hydrogens is 408 g/mol. The highest BCUT2D eigenvalue weighted by molar-refractivity contribution is 7.89. The summed E-state index contributed by atoms with van der Waals surface area (Å²) in [6.07, 6.45) is 2.87. The highest BCUT2D eigenvalue weighted by atomic mass is 32.2. The minimum Gasteiger partial charge on any atom is -0.478 e. The first-order chi connectivity index (χ1) is 14.0. The van der Waals surface area contributed by atoms with Crippen molar-refractivity contribution < 1.29 is 18.3 Å².